The van der Waals surface area contributed by atoms with Crippen LogP contribution in [0.4, 0.5) is 40.2 Å². The molecule has 5 aliphatic heterocycles. The number of carbonyl (C=O) groups is 2. The number of hydrogen-bond donors (Lipinski definition) is 3. The average Bonchev–Trinajstić information content (AvgIpc) is 3.98. The molecule has 4 aromatic heterocycles. The zero-order valence-corrected chi connectivity index (χ0v) is 45.2. The minimum atomic E-state index is -0.369. The summed E-state index contributed by atoms with van der Waals surface area (Å²) in [4.78, 5) is 60.8. The smallest absolute Gasteiger partial charge is 0.276 e. The summed E-state index contributed by atoms with van der Waals surface area (Å²) in [5.41, 5.74) is 8.31. The zero-order valence-electron chi connectivity index (χ0n) is 45.2. The first-order valence-electron chi connectivity index (χ1n) is 27.5. The molecule has 6 aliphatic rings. The van der Waals surface area contributed by atoms with E-state index in [-0.39, 0.29) is 35.8 Å². The number of piperidine rings is 1. The Hall–Kier alpha value is -6.60. The quantitative estimate of drug-likeness (QED) is 0.102. The van der Waals surface area contributed by atoms with Crippen molar-refractivity contribution in [3.8, 4) is 17.1 Å². The van der Waals surface area contributed by atoms with Gasteiger partial charge < -0.3 is 44.5 Å². The third kappa shape index (κ3) is 10.1. The fraction of sp³-hybridized carbons (Fsp3) is 0.517. The Balaban J connectivity index is 0.757. The van der Waals surface area contributed by atoms with Crippen LogP contribution in [0.25, 0.3) is 11.3 Å². The minimum Gasteiger partial charge on any atom is -0.478 e. The van der Waals surface area contributed by atoms with Gasteiger partial charge in [0.15, 0.2) is 5.82 Å². The first-order chi connectivity index (χ1) is 36.8. The fourth-order valence-electron chi connectivity index (χ4n) is 13.2. The second-order valence-corrected chi connectivity index (χ2v) is 22.6. The van der Waals surface area contributed by atoms with Gasteiger partial charge in [0.1, 0.15) is 17.3 Å². The van der Waals surface area contributed by atoms with Gasteiger partial charge >= 0.3 is 0 Å². The van der Waals surface area contributed by atoms with Crippen molar-refractivity contribution in [3.63, 3.8) is 0 Å². The second-order valence-electron chi connectivity index (χ2n) is 22.6. The third-order valence-corrected chi connectivity index (χ3v) is 17.0. The summed E-state index contributed by atoms with van der Waals surface area (Å²) in [6.45, 7) is 24.4. The highest BCUT2D eigenvalue weighted by atomic mass is 16.5. The summed E-state index contributed by atoms with van der Waals surface area (Å²) in [5, 5.41) is 17.4. The van der Waals surface area contributed by atoms with Crippen LogP contribution < -0.4 is 35.0 Å². The van der Waals surface area contributed by atoms with E-state index in [1.165, 1.54) is 30.1 Å². The van der Waals surface area contributed by atoms with Crippen LogP contribution in [0.15, 0.2) is 73.7 Å². The maximum Gasteiger partial charge on any atom is 0.276 e. The number of hydrogen-bond acceptors (Lipinski definition) is 15. The Morgan fingerprint density at radius 3 is 2.36 bits per heavy atom. The van der Waals surface area contributed by atoms with E-state index in [0.717, 1.165) is 109 Å². The minimum absolute atomic E-state index is 0.137. The van der Waals surface area contributed by atoms with Gasteiger partial charge in [0.25, 0.3) is 11.8 Å². The lowest BCUT2D eigenvalue weighted by molar-refractivity contribution is -0.111. The number of anilines is 7. The van der Waals surface area contributed by atoms with Crippen molar-refractivity contribution in [1.29, 1.82) is 0 Å². The van der Waals surface area contributed by atoms with E-state index in [9.17, 15) is 14.7 Å². The molecule has 5 aromatic rings. The first kappa shape index (κ1) is 51.5. The molecule has 18 nitrogen and oxygen atoms in total. The standard InChI is InChI=1S/C58H75N13O5/c1-8-53(73)63-47-29-41(62-54-56(75-7)61-33-48(64-54)45-12-17-60-55(46(45)36-72)71-24-23-70-50(57(71)74)28-40-31-58(5,6)32-51(40)70)9-10-49(47)68-21-19-66(34-38(68)3)43-13-18-67(37(2)27-43)44-11-16-59-52(30-44)69-22-20-65(35-39(69)4)42-14-25-76-26-15-42/h8-12,16-17,28-30,33,37-39,42-43,72H,1,13-15,18-27,31-32,34-36H2,2-7H3,(H,62,64)(H,63,73)/t37-,38-,39-,43?/m0/s1. The van der Waals surface area contributed by atoms with Crippen LogP contribution in [-0.4, -0.2) is 154 Å². The molecule has 1 unspecified atom stereocenters. The maximum atomic E-state index is 14.1. The molecule has 4 saturated heterocycles. The molecule has 0 radical (unpaired) electrons. The molecule has 9 heterocycles. The number of amides is 2. The van der Waals surface area contributed by atoms with Crippen molar-refractivity contribution in [2.45, 2.75) is 117 Å². The van der Waals surface area contributed by atoms with E-state index in [1.807, 2.05) is 30.5 Å². The normalized spacial score (nSPS) is 23.3. The SMILES string of the molecule is C=CC(=O)Nc1cc(Nc2nc(-c3ccnc(N4CCn5c(cc6c5CC(C)(C)C6)C4=O)c3CO)cnc2OC)ccc1N1CCN(C2CCN(c3ccnc(N4CCN(C5CCOCC5)C[C@@H]4C)c3)[C@@H](C)C2)C[C@@H]1C. The predicted octanol–water partition coefficient (Wildman–Crippen LogP) is 7.15. The van der Waals surface area contributed by atoms with Crippen LogP contribution in [0.1, 0.15) is 87.6 Å². The number of piperazine rings is 2. The number of carbonyl (C=O) groups excluding carboxylic acids is 2. The van der Waals surface area contributed by atoms with Gasteiger partial charge in [-0.05, 0) is 113 Å². The number of aliphatic hydroxyl groups excluding tert-OH is 1. The molecule has 76 heavy (non-hydrogen) atoms. The lowest BCUT2D eigenvalue weighted by Gasteiger charge is -2.48. The van der Waals surface area contributed by atoms with Gasteiger partial charge in [0.05, 0.1) is 37.0 Å². The average molecular weight is 1030 g/mol. The number of nitrogens with zero attached hydrogens (tertiary/aromatic N) is 11. The van der Waals surface area contributed by atoms with Crippen molar-refractivity contribution in [3.05, 3.63) is 96.2 Å². The van der Waals surface area contributed by atoms with Crippen LogP contribution in [0, 0.1) is 5.41 Å². The molecule has 11 rings (SSSR count). The highest BCUT2D eigenvalue weighted by Crippen LogP contribution is 2.41. The fourth-order valence-corrected chi connectivity index (χ4v) is 13.2. The summed E-state index contributed by atoms with van der Waals surface area (Å²) in [6.07, 6.45) is 12.8. The summed E-state index contributed by atoms with van der Waals surface area (Å²) in [5.74, 6) is 1.62. The molecule has 2 amide bonds. The van der Waals surface area contributed by atoms with E-state index < -0.39 is 0 Å². The molecular weight excluding hydrogens is 959 g/mol. The molecule has 0 bridgehead atoms. The molecule has 4 fully saturated rings. The molecule has 3 N–H and O–H groups in total. The van der Waals surface area contributed by atoms with Crippen molar-refractivity contribution < 1.29 is 24.2 Å². The van der Waals surface area contributed by atoms with Crippen LogP contribution >= 0.6 is 0 Å². The van der Waals surface area contributed by atoms with Crippen LogP contribution in [0.5, 0.6) is 5.88 Å². The summed E-state index contributed by atoms with van der Waals surface area (Å²) in [6, 6.07) is 16.3. The van der Waals surface area contributed by atoms with Gasteiger partial charge in [0, 0.05) is 149 Å². The third-order valence-electron chi connectivity index (χ3n) is 17.0. The van der Waals surface area contributed by atoms with Crippen molar-refractivity contribution >= 4 is 52.0 Å². The summed E-state index contributed by atoms with van der Waals surface area (Å²) in [7, 11) is 1.53. The summed E-state index contributed by atoms with van der Waals surface area (Å²) < 4.78 is 13.5. The molecule has 18 heteroatoms. The number of rotatable bonds is 13. The highest BCUT2D eigenvalue weighted by Gasteiger charge is 2.39. The molecule has 402 valence electrons. The van der Waals surface area contributed by atoms with E-state index in [2.05, 4.69) is 103 Å². The maximum absolute atomic E-state index is 14.1. The number of aliphatic hydroxyl groups is 1. The molecule has 1 aliphatic carbocycles. The van der Waals surface area contributed by atoms with Gasteiger partial charge in [-0.25, -0.2) is 19.9 Å². The zero-order chi connectivity index (χ0) is 52.8. The van der Waals surface area contributed by atoms with Gasteiger partial charge in [-0.2, -0.15) is 0 Å². The Morgan fingerprint density at radius 1 is 0.855 bits per heavy atom. The number of benzene rings is 1. The lowest BCUT2D eigenvalue weighted by Crippen LogP contribution is -2.58. The van der Waals surface area contributed by atoms with Gasteiger partial charge in [-0.15, -0.1) is 0 Å². The Kier molecular flexibility index (Phi) is 14.5. The highest BCUT2D eigenvalue weighted by molar-refractivity contribution is 6.06. The van der Waals surface area contributed by atoms with E-state index in [4.69, 9.17) is 19.4 Å². The lowest BCUT2D eigenvalue weighted by atomic mass is 9.90. The number of nitrogens with one attached hydrogen (secondary N) is 2. The Bertz CT molecular complexity index is 2970. The van der Waals surface area contributed by atoms with E-state index in [0.29, 0.717) is 82.8 Å². The Morgan fingerprint density at radius 2 is 1.62 bits per heavy atom. The summed E-state index contributed by atoms with van der Waals surface area (Å²) >= 11 is 0. The number of aromatic nitrogens is 5. The molecule has 4 atom stereocenters. The predicted molar refractivity (Wildman–Crippen MR) is 298 cm³/mol. The van der Waals surface area contributed by atoms with Gasteiger partial charge in [-0.1, -0.05) is 20.4 Å². The van der Waals surface area contributed by atoms with Gasteiger partial charge in [-0.3, -0.25) is 24.3 Å². The number of ether oxygens (including phenoxy) is 2. The van der Waals surface area contributed by atoms with Crippen LogP contribution in [0.2, 0.25) is 0 Å². The number of pyridine rings is 2. The molecule has 1 aromatic carbocycles. The molecular formula is C58H75N13O5. The van der Waals surface area contributed by atoms with Crippen LogP contribution in [-0.2, 0) is 35.5 Å². The van der Waals surface area contributed by atoms with E-state index in [1.54, 1.807) is 23.4 Å². The second kappa shape index (κ2) is 21.4. The first-order valence-corrected chi connectivity index (χ1v) is 27.5. The largest absolute Gasteiger partial charge is 0.478 e. The monoisotopic (exact) mass is 1030 g/mol. The van der Waals surface area contributed by atoms with Gasteiger partial charge in [0.2, 0.25) is 5.91 Å². The number of fused-ring (bicyclic) bond motifs is 3. The van der Waals surface area contributed by atoms with Crippen molar-refractivity contribution in [2.24, 2.45) is 5.41 Å². The number of methoxy groups -OCH3 is 1. The van der Waals surface area contributed by atoms with Crippen molar-refractivity contribution in [1.82, 2.24) is 34.3 Å². The topological polar surface area (TPSA) is 173 Å². The molecule has 0 saturated carbocycles. The molecule has 0 spiro atoms. The van der Waals surface area contributed by atoms with E-state index >= 15 is 0 Å². The Labute approximate surface area is 447 Å². The van der Waals surface area contributed by atoms with Crippen molar-refractivity contribution in [2.75, 3.05) is 103 Å². The van der Waals surface area contributed by atoms with Crippen LogP contribution in [0.3, 0.4) is 0 Å².